The minimum absolute atomic E-state index is 0.395. The van der Waals surface area contributed by atoms with E-state index in [0.717, 1.165) is 11.4 Å². The molecular formula is C10H12N2O. The van der Waals surface area contributed by atoms with Crippen LogP contribution in [0.15, 0.2) is 24.3 Å². The fourth-order valence-corrected chi connectivity index (χ4v) is 1.03. The Hall–Kier alpha value is -1.69. The lowest BCUT2D eigenvalue weighted by molar-refractivity contribution is 0.415. The highest BCUT2D eigenvalue weighted by molar-refractivity contribution is 5.48. The molecule has 0 atom stereocenters. The number of hydrogen-bond donors (Lipinski definition) is 0. The fraction of sp³-hybridized carbons (Fsp3) is 0.300. The molecule has 0 amide bonds. The van der Waals surface area contributed by atoms with Crippen LogP contribution in [0, 0.1) is 11.3 Å². The van der Waals surface area contributed by atoms with Gasteiger partial charge < -0.3 is 9.64 Å². The second-order valence-corrected chi connectivity index (χ2v) is 2.71. The van der Waals surface area contributed by atoms with Crippen LogP contribution in [0.1, 0.15) is 0 Å². The Morgan fingerprint density at radius 2 is 2.00 bits per heavy atom. The molecule has 1 aromatic carbocycles. The predicted octanol–water partition coefficient (Wildman–Crippen LogP) is 1.65. The van der Waals surface area contributed by atoms with Gasteiger partial charge in [0.25, 0.3) is 0 Å². The van der Waals surface area contributed by atoms with E-state index in [1.54, 1.807) is 7.11 Å². The van der Waals surface area contributed by atoms with Gasteiger partial charge in [0.05, 0.1) is 13.2 Å². The molecule has 3 heteroatoms. The second kappa shape index (κ2) is 4.36. The molecule has 0 bridgehead atoms. The molecule has 0 saturated heterocycles. The van der Waals surface area contributed by atoms with Gasteiger partial charge >= 0.3 is 0 Å². The van der Waals surface area contributed by atoms with E-state index in [4.69, 9.17) is 10.00 Å². The Labute approximate surface area is 78.2 Å². The van der Waals surface area contributed by atoms with Gasteiger partial charge in [0.15, 0.2) is 0 Å². The Bertz CT molecular complexity index is 300. The summed E-state index contributed by atoms with van der Waals surface area (Å²) in [4.78, 5) is 1.87. The molecule has 0 N–H and O–H groups in total. The number of anilines is 1. The topological polar surface area (TPSA) is 36.3 Å². The van der Waals surface area contributed by atoms with Gasteiger partial charge in [-0.05, 0) is 24.3 Å². The number of benzene rings is 1. The molecule has 13 heavy (non-hydrogen) atoms. The van der Waals surface area contributed by atoms with E-state index in [2.05, 4.69) is 6.07 Å². The van der Waals surface area contributed by atoms with Crippen molar-refractivity contribution in [3.8, 4) is 11.8 Å². The van der Waals surface area contributed by atoms with Gasteiger partial charge in [-0.2, -0.15) is 5.26 Å². The Kier molecular flexibility index (Phi) is 3.15. The standard InChI is InChI=1S/C10H12N2O/c1-12(8-7-11)9-3-5-10(13-2)6-4-9/h3-6H,8H2,1-2H3. The predicted molar refractivity (Wildman–Crippen MR) is 51.9 cm³/mol. The number of methoxy groups -OCH3 is 1. The highest BCUT2D eigenvalue weighted by Gasteiger charge is 1.98. The normalized spacial score (nSPS) is 9.00. The molecule has 0 aliphatic heterocycles. The van der Waals surface area contributed by atoms with Gasteiger partial charge in [-0.3, -0.25) is 0 Å². The molecule has 3 nitrogen and oxygen atoms in total. The number of hydrogen-bond acceptors (Lipinski definition) is 3. The molecular weight excluding hydrogens is 164 g/mol. The molecule has 0 spiro atoms. The molecule has 0 aliphatic rings. The molecule has 0 heterocycles. The van der Waals surface area contributed by atoms with Crippen LogP contribution in [0.2, 0.25) is 0 Å². The van der Waals surface area contributed by atoms with Crippen molar-refractivity contribution in [2.45, 2.75) is 0 Å². The monoisotopic (exact) mass is 176 g/mol. The molecule has 0 radical (unpaired) electrons. The zero-order valence-electron chi connectivity index (χ0n) is 7.82. The van der Waals surface area contributed by atoms with E-state index >= 15 is 0 Å². The molecule has 68 valence electrons. The summed E-state index contributed by atoms with van der Waals surface area (Å²) in [6, 6.07) is 9.70. The van der Waals surface area contributed by atoms with E-state index in [0.29, 0.717) is 6.54 Å². The SMILES string of the molecule is COc1ccc(N(C)CC#N)cc1. The molecule has 0 aromatic heterocycles. The summed E-state index contributed by atoms with van der Waals surface area (Å²) >= 11 is 0. The second-order valence-electron chi connectivity index (χ2n) is 2.71. The molecule has 1 rings (SSSR count). The van der Waals surface area contributed by atoms with Gasteiger partial charge in [0, 0.05) is 12.7 Å². The van der Waals surface area contributed by atoms with Gasteiger partial charge in [-0.25, -0.2) is 0 Å². The van der Waals surface area contributed by atoms with E-state index in [9.17, 15) is 0 Å². The maximum absolute atomic E-state index is 8.48. The smallest absolute Gasteiger partial charge is 0.119 e. The van der Waals surface area contributed by atoms with Gasteiger partial charge in [-0.1, -0.05) is 0 Å². The summed E-state index contributed by atoms with van der Waals surface area (Å²) in [5.41, 5.74) is 1.02. The first kappa shape index (κ1) is 9.40. The lowest BCUT2D eigenvalue weighted by Gasteiger charge is -2.15. The summed E-state index contributed by atoms with van der Waals surface area (Å²) < 4.78 is 5.03. The lowest BCUT2D eigenvalue weighted by Crippen LogP contribution is -2.16. The number of nitrogens with zero attached hydrogens (tertiary/aromatic N) is 2. The van der Waals surface area contributed by atoms with Crippen molar-refractivity contribution in [2.75, 3.05) is 25.6 Å². The minimum Gasteiger partial charge on any atom is -0.497 e. The molecule has 0 aliphatic carbocycles. The molecule has 0 saturated carbocycles. The summed E-state index contributed by atoms with van der Waals surface area (Å²) in [5.74, 6) is 0.828. The fourth-order valence-electron chi connectivity index (χ4n) is 1.03. The maximum Gasteiger partial charge on any atom is 0.119 e. The Morgan fingerprint density at radius 1 is 1.38 bits per heavy atom. The molecule has 1 aromatic rings. The number of nitriles is 1. The van der Waals surface area contributed by atoms with Crippen LogP contribution in [0.5, 0.6) is 5.75 Å². The summed E-state index contributed by atoms with van der Waals surface area (Å²) in [5, 5.41) is 8.48. The first-order valence-corrected chi connectivity index (χ1v) is 4.00. The third-order valence-electron chi connectivity index (χ3n) is 1.82. The third kappa shape index (κ3) is 2.38. The first-order valence-electron chi connectivity index (χ1n) is 4.00. The van der Waals surface area contributed by atoms with Crippen molar-refractivity contribution >= 4 is 5.69 Å². The quantitative estimate of drug-likeness (QED) is 0.657. The van der Waals surface area contributed by atoms with Crippen LogP contribution >= 0.6 is 0 Å². The van der Waals surface area contributed by atoms with E-state index in [-0.39, 0.29) is 0 Å². The highest BCUT2D eigenvalue weighted by Crippen LogP contribution is 2.17. The zero-order chi connectivity index (χ0) is 9.68. The van der Waals surface area contributed by atoms with Crippen molar-refractivity contribution in [1.29, 1.82) is 5.26 Å². The summed E-state index contributed by atoms with van der Waals surface area (Å²) in [6.07, 6.45) is 0. The van der Waals surface area contributed by atoms with Crippen LogP contribution in [0.3, 0.4) is 0 Å². The largest absolute Gasteiger partial charge is 0.497 e. The number of ether oxygens (including phenoxy) is 1. The number of rotatable bonds is 3. The van der Waals surface area contributed by atoms with Crippen molar-refractivity contribution in [3.63, 3.8) is 0 Å². The average Bonchev–Trinajstić information content (AvgIpc) is 2.18. The maximum atomic E-state index is 8.48. The van der Waals surface area contributed by atoms with Crippen LogP contribution in [0.25, 0.3) is 0 Å². The Morgan fingerprint density at radius 3 is 2.46 bits per heavy atom. The zero-order valence-corrected chi connectivity index (χ0v) is 7.82. The third-order valence-corrected chi connectivity index (χ3v) is 1.82. The van der Waals surface area contributed by atoms with Gasteiger partial charge in [-0.15, -0.1) is 0 Å². The van der Waals surface area contributed by atoms with Crippen LogP contribution in [-0.2, 0) is 0 Å². The summed E-state index contributed by atoms with van der Waals surface area (Å²) in [7, 11) is 3.51. The summed E-state index contributed by atoms with van der Waals surface area (Å²) in [6.45, 7) is 0.395. The van der Waals surface area contributed by atoms with E-state index in [1.165, 1.54) is 0 Å². The van der Waals surface area contributed by atoms with Gasteiger partial charge in [0.2, 0.25) is 0 Å². The average molecular weight is 176 g/mol. The van der Waals surface area contributed by atoms with Gasteiger partial charge in [0.1, 0.15) is 12.3 Å². The highest BCUT2D eigenvalue weighted by atomic mass is 16.5. The molecule has 0 fully saturated rings. The van der Waals surface area contributed by atoms with E-state index in [1.807, 2.05) is 36.2 Å². The van der Waals surface area contributed by atoms with Crippen molar-refractivity contribution in [2.24, 2.45) is 0 Å². The van der Waals surface area contributed by atoms with Crippen LogP contribution in [0.4, 0.5) is 5.69 Å². The molecule has 0 unspecified atom stereocenters. The van der Waals surface area contributed by atoms with Crippen molar-refractivity contribution in [3.05, 3.63) is 24.3 Å². The van der Waals surface area contributed by atoms with Crippen molar-refractivity contribution < 1.29 is 4.74 Å². The van der Waals surface area contributed by atoms with E-state index < -0.39 is 0 Å². The van der Waals surface area contributed by atoms with Crippen LogP contribution < -0.4 is 9.64 Å². The van der Waals surface area contributed by atoms with Crippen LogP contribution in [-0.4, -0.2) is 20.7 Å². The lowest BCUT2D eigenvalue weighted by atomic mass is 10.3. The minimum atomic E-state index is 0.395. The first-order chi connectivity index (χ1) is 6.27. The van der Waals surface area contributed by atoms with Crippen molar-refractivity contribution in [1.82, 2.24) is 0 Å². The Balaban J connectivity index is 2.74.